The molecule has 0 spiro atoms. The number of aliphatic carboxylic acids is 1. The Morgan fingerprint density at radius 3 is 3.00 bits per heavy atom. The molecular formula is C13H13N2O3S2-. The Labute approximate surface area is 123 Å². The molecule has 1 aliphatic rings. The number of fused-ring (bicyclic) bond motifs is 3. The molecule has 2 aromatic rings. The Morgan fingerprint density at radius 2 is 2.30 bits per heavy atom. The van der Waals surface area contributed by atoms with Crippen molar-refractivity contribution in [2.45, 2.75) is 37.9 Å². The van der Waals surface area contributed by atoms with Crippen LogP contribution in [0.15, 0.2) is 9.95 Å². The number of carboxylic acids is 1. The molecule has 7 heteroatoms. The number of nitrogens with zero attached hydrogens (tertiary/aromatic N) is 2. The predicted molar refractivity (Wildman–Crippen MR) is 77.3 cm³/mol. The van der Waals surface area contributed by atoms with Gasteiger partial charge in [0.05, 0.1) is 11.4 Å². The summed E-state index contributed by atoms with van der Waals surface area (Å²) >= 11 is 2.61. The van der Waals surface area contributed by atoms with Gasteiger partial charge in [0.25, 0.3) is 5.56 Å². The van der Waals surface area contributed by atoms with Gasteiger partial charge in [-0.05, 0) is 31.7 Å². The third kappa shape index (κ3) is 2.14. The molecular weight excluding hydrogens is 296 g/mol. The van der Waals surface area contributed by atoms with Gasteiger partial charge in [-0.1, -0.05) is 11.8 Å². The first-order valence-electron chi connectivity index (χ1n) is 6.49. The summed E-state index contributed by atoms with van der Waals surface area (Å²) in [5, 5.41) is 11.8. The summed E-state index contributed by atoms with van der Waals surface area (Å²) in [5.74, 6) is -1.34. The van der Waals surface area contributed by atoms with E-state index in [-0.39, 0.29) is 11.3 Å². The van der Waals surface area contributed by atoms with E-state index in [1.165, 1.54) is 4.88 Å². The van der Waals surface area contributed by atoms with Crippen LogP contribution < -0.4 is 10.7 Å². The van der Waals surface area contributed by atoms with E-state index in [0.29, 0.717) is 11.7 Å². The van der Waals surface area contributed by atoms with Crippen LogP contribution in [0.2, 0.25) is 0 Å². The van der Waals surface area contributed by atoms with Crippen LogP contribution >= 0.6 is 23.1 Å². The van der Waals surface area contributed by atoms with E-state index in [1.54, 1.807) is 15.9 Å². The average molecular weight is 309 g/mol. The lowest BCUT2D eigenvalue weighted by molar-refractivity contribution is -0.301. The smallest absolute Gasteiger partial charge is 0.263 e. The van der Waals surface area contributed by atoms with Gasteiger partial charge < -0.3 is 9.90 Å². The molecule has 20 heavy (non-hydrogen) atoms. The van der Waals surface area contributed by atoms with Gasteiger partial charge in [-0.3, -0.25) is 9.36 Å². The number of carbonyl (C=O) groups is 1. The number of aromatic nitrogens is 2. The molecule has 0 radical (unpaired) electrons. The van der Waals surface area contributed by atoms with Crippen molar-refractivity contribution in [3.8, 4) is 0 Å². The van der Waals surface area contributed by atoms with E-state index in [9.17, 15) is 14.7 Å². The molecule has 0 saturated heterocycles. The van der Waals surface area contributed by atoms with Crippen LogP contribution in [0, 0.1) is 0 Å². The second-order valence-electron chi connectivity index (χ2n) is 4.64. The third-order valence-corrected chi connectivity index (χ3v) is 5.56. The van der Waals surface area contributed by atoms with Gasteiger partial charge >= 0.3 is 0 Å². The monoisotopic (exact) mass is 309 g/mol. The SMILES string of the molecule is CCn1c(SCC(=O)[O-])nc2sc3c(c2c1=O)CCC3. The first kappa shape index (κ1) is 13.6. The van der Waals surface area contributed by atoms with Gasteiger partial charge in [-0.2, -0.15) is 0 Å². The first-order valence-corrected chi connectivity index (χ1v) is 8.29. The van der Waals surface area contributed by atoms with Crippen LogP contribution in [0.25, 0.3) is 10.2 Å². The normalized spacial score (nSPS) is 13.8. The highest BCUT2D eigenvalue weighted by atomic mass is 32.2. The van der Waals surface area contributed by atoms with Crippen molar-refractivity contribution in [1.82, 2.24) is 9.55 Å². The van der Waals surface area contributed by atoms with Crippen LogP contribution in [-0.2, 0) is 24.2 Å². The number of thiophene rings is 1. The summed E-state index contributed by atoms with van der Waals surface area (Å²) in [6.45, 7) is 2.35. The van der Waals surface area contributed by atoms with Crippen LogP contribution in [-0.4, -0.2) is 21.3 Å². The number of carboxylic acid groups (broad SMARTS) is 1. The Kier molecular flexibility index (Phi) is 3.55. The maximum Gasteiger partial charge on any atom is 0.263 e. The Bertz CT molecular complexity index is 748. The number of thioether (sulfide) groups is 1. The summed E-state index contributed by atoms with van der Waals surface area (Å²) in [6.07, 6.45) is 3.06. The zero-order valence-electron chi connectivity index (χ0n) is 11.0. The van der Waals surface area contributed by atoms with Crippen molar-refractivity contribution >= 4 is 39.3 Å². The molecule has 0 saturated carbocycles. The Morgan fingerprint density at radius 1 is 1.50 bits per heavy atom. The minimum Gasteiger partial charge on any atom is -0.549 e. The van der Waals surface area contributed by atoms with E-state index in [1.807, 2.05) is 6.92 Å². The number of hydrogen-bond donors (Lipinski definition) is 0. The molecule has 0 N–H and O–H groups in total. The fourth-order valence-corrected chi connectivity index (χ4v) is 4.65. The largest absolute Gasteiger partial charge is 0.549 e. The summed E-state index contributed by atoms with van der Waals surface area (Å²) in [6, 6.07) is 0. The molecule has 0 aromatic carbocycles. The molecule has 0 bridgehead atoms. The standard InChI is InChI=1S/C13H14N2O3S2/c1-2-15-12(18)10-7-4-3-5-8(7)20-11(10)14-13(15)19-6-9(16)17/h2-6H2,1H3,(H,16,17)/p-1. The van der Waals surface area contributed by atoms with Crippen molar-refractivity contribution in [3.05, 3.63) is 20.8 Å². The van der Waals surface area contributed by atoms with Crippen LogP contribution in [0.4, 0.5) is 0 Å². The van der Waals surface area contributed by atoms with Crippen LogP contribution in [0.3, 0.4) is 0 Å². The van der Waals surface area contributed by atoms with Gasteiger partial charge in [-0.15, -0.1) is 11.3 Å². The Hall–Kier alpha value is -1.34. The summed E-state index contributed by atoms with van der Waals surface area (Å²) in [4.78, 5) is 29.7. The molecule has 3 rings (SSSR count). The second-order valence-corrected chi connectivity index (χ2v) is 6.67. The van der Waals surface area contributed by atoms with Crippen molar-refractivity contribution in [3.63, 3.8) is 0 Å². The fraction of sp³-hybridized carbons (Fsp3) is 0.462. The maximum atomic E-state index is 12.6. The lowest BCUT2D eigenvalue weighted by atomic mass is 10.2. The molecule has 0 fully saturated rings. The van der Waals surface area contributed by atoms with Crippen molar-refractivity contribution in [2.24, 2.45) is 0 Å². The number of hydrogen-bond acceptors (Lipinski definition) is 6. The lowest BCUT2D eigenvalue weighted by Gasteiger charge is -2.10. The van der Waals surface area contributed by atoms with E-state index >= 15 is 0 Å². The molecule has 0 unspecified atom stereocenters. The molecule has 0 aliphatic heterocycles. The van der Waals surface area contributed by atoms with Gasteiger partial charge in [0, 0.05) is 17.2 Å². The molecule has 5 nitrogen and oxygen atoms in total. The van der Waals surface area contributed by atoms with Crippen LogP contribution in [0.5, 0.6) is 0 Å². The summed E-state index contributed by atoms with van der Waals surface area (Å²) in [5.41, 5.74) is 1.11. The average Bonchev–Trinajstić information content (AvgIpc) is 2.96. The quantitative estimate of drug-likeness (QED) is 0.617. The highest BCUT2D eigenvalue weighted by molar-refractivity contribution is 7.99. The highest BCUT2D eigenvalue weighted by Crippen LogP contribution is 2.35. The van der Waals surface area contributed by atoms with Gasteiger partial charge in [0.1, 0.15) is 4.83 Å². The minimum atomic E-state index is -1.15. The number of aryl methyl sites for hydroxylation is 2. The molecule has 2 aromatic heterocycles. The predicted octanol–water partition coefficient (Wildman–Crippen LogP) is 0.809. The Balaban J connectivity index is 2.17. The van der Waals surface area contributed by atoms with Gasteiger partial charge in [0.15, 0.2) is 5.16 Å². The van der Waals surface area contributed by atoms with E-state index in [0.717, 1.165) is 46.8 Å². The second kappa shape index (κ2) is 5.21. The number of carbonyl (C=O) groups excluding carboxylic acids is 1. The highest BCUT2D eigenvalue weighted by Gasteiger charge is 2.22. The van der Waals surface area contributed by atoms with Crippen LogP contribution in [0.1, 0.15) is 23.8 Å². The zero-order valence-corrected chi connectivity index (χ0v) is 12.6. The van der Waals surface area contributed by atoms with E-state index in [4.69, 9.17) is 0 Å². The maximum absolute atomic E-state index is 12.6. The summed E-state index contributed by atoms with van der Waals surface area (Å²) in [7, 11) is 0. The topological polar surface area (TPSA) is 75.0 Å². The van der Waals surface area contributed by atoms with Gasteiger partial charge in [0.2, 0.25) is 0 Å². The van der Waals surface area contributed by atoms with E-state index < -0.39 is 5.97 Å². The van der Waals surface area contributed by atoms with Crippen molar-refractivity contribution in [2.75, 3.05) is 5.75 Å². The molecule has 1 aliphatic carbocycles. The van der Waals surface area contributed by atoms with E-state index in [2.05, 4.69) is 4.98 Å². The van der Waals surface area contributed by atoms with Crippen molar-refractivity contribution < 1.29 is 9.90 Å². The molecule has 0 atom stereocenters. The first-order chi connectivity index (χ1) is 9.61. The lowest BCUT2D eigenvalue weighted by Crippen LogP contribution is -2.26. The third-order valence-electron chi connectivity index (χ3n) is 3.43. The minimum absolute atomic E-state index is 0.0438. The number of rotatable bonds is 4. The van der Waals surface area contributed by atoms with Crippen molar-refractivity contribution in [1.29, 1.82) is 0 Å². The molecule has 106 valence electrons. The molecule has 2 heterocycles. The molecule has 0 amide bonds. The fourth-order valence-electron chi connectivity index (χ4n) is 2.57. The van der Waals surface area contributed by atoms with Gasteiger partial charge in [-0.25, -0.2) is 4.98 Å². The zero-order chi connectivity index (χ0) is 14.3. The summed E-state index contributed by atoms with van der Waals surface area (Å²) < 4.78 is 1.56.